The van der Waals surface area contributed by atoms with Crippen molar-refractivity contribution in [1.82, 2.24) is 20.4 Å². The molecule has 172 valence electrons. The van der Waals surface area contributed by atoms with Gasteiger partial charge in [0.05, 0.1) is 12.5 Å². The maximum absolute atomic E-state index is 12.8. The summed E-state index contributed by atoms with van der Waals surface area (Å²) in [6.45, 7) is 1.22. The van der Waals surface area contributed by atoms with E-state index in [1.54, 1.807) is 40.2 Å². The second kappa shape index (κ2) is 11.6. The van der Waals surface area contributed by atoms with E-state index in [9.17, 15) is 9.59 Å². The van der Waals surface area contributed by atoms with Crippen LogP contribution in [-0.4, -0.2) is 82.5 Å². The number of methoxy groups -OCH3 is 1. The zero-order valence-electron chi connectivity index (χ0n) is 19.5. The molecule has 31 heavy (non-hydrogen) atoms. The largest absolute Gasteiger partial charge is 0.497 e. The molecule has 1 aromatic rings. The molecule has 8 heteroatoms. The van der Waals surface area contributed by atoms with Gasteiger partial charge in [0.15, 0.2) is 5.96 Å². The molecule has 0 aliphatic heterocycles. The van der Waals surface area contributed by atoms with E-state index in [0.717, 1.165) is 37.9 Å². The minimum Gasteiger partial charge on any atom is -0.497 e. The second-order valence-electron chi connectivity index (χ2n) is 8.52. The molecule has 0 heterocycles. The Morgan fingerprint density at radius 2 is 1.68 bits per heavy atom. The normalized spacial score (nSPS) is 15.3. The summed E-state index contributed by atoms with van der Waals surface area (Å²) in [7, 11) is 8.69. The Labute approximate surface area is 186 Å². The van der Waals surface area contributed by atoms with Crippen molar-refractivity contribution in [3.8, 4) is 5.75 Å². The lowest BCUT2D eigenvalue weighted by Crippen LogP contribution is -2.49. The van der Waals surface area contributed by atoms with Crippen LogP contribution in [0.5, 0.6) is 5.75 Å². The molecule has 0 radical (unpaired) electrons. The number of carbonyl (C=O) groups excluding carboxylic acids is 2. The Hall–Kier alpha value is -2.77. The summed E-state index contributed by atoms with van der Waals surface area (Å²) in [5.74, 6) is 1.47. The molecule has 0 saturated heterocycles. The SMILES string of the molecule is COc1ccc(CCNC(=NCC(=O)N(C)C)NCC2(C(=O)N(C)C)CCCC2)cc1. The molecular weight excluding hydrogens is 394 g/mol. The Bertz CT molecular complexity index is 753. The lowest BCUT2D eigenvalue weighted by molar-refractivity contribution is -0.138. The molecule has 2 rings (SSSR count). The van der Waals surface area contributed by atoms with E-state index in [2.05, 4.69) is 15.6 Å². The number of rotatable bonds is 9. The van der Waals surface area contributed by atoms with E-state index in [1.165, 1.54) is 10.5 Å². The van der Waals surface area contributed by atoms with Gasteiger partial charge in [0.2, 0.25) is 11.8 Å². The van der Waals surface area contributed by atoms with Gasteiger partial charge in [0.1, 0.15) is 12.3 Å². The van der Waals surface area contributed by atoms with Crippen molar-refractivity contribution in [2.75, 3.05) is 54.9 Å². The average molecular weight is 432 g/mol. The van der Waals surface area contributed by atoms with Crippen LogP contribution in [0, 0.1) is 5.41 Å². The molecule has 1 saturated carbocycles. The van der Waals surface area contributed by atoms with Gasteiger partial charge >= 0.3 is 0 Å². The van der Waals surface area contributed by atoms with Gasteiger partial charge in [-0.1, -0.05) is 25.0 Å². The molecule has 1 aliphatic rings. The zero-order valence-corrected chi connectivity index (χ0v) is 19.5. The summed E-state index contributed by atoms with van der Waals surface area (Å²) >= 11 is 0. The molecule has 1 aromatic carbocycles. The van der Waals surface area contributed by atoms with E-state index in [4.69, 9.17) is 4.74 Å². The Balaban J connectivity index is 2.02. The molecule has 8 nitrogen and oxygen atoms in total. The minimum atomic E-state index is -0.409. The lowest BCUT2D eigenvalue weighted by Gasteiger charge is -2.31. The van der Waals surface area contributed by atoms with Crippen LogP contribution < -0.4 is 15.4 Å². The van der Waals surface area contributed by atoms with Crippen molar-refractivity contribution in [2.45, 2.75) is 32.1 Å². The van der Waals surface area contributed by atoms with Crippen molar-refractivity contribution in [3.63, 3.8) is 0 Å². The van der Waals surface area contributed by atoms with Gasteiger partial charge in [-0.3, -0.25) is 9.59 Å². The highest BCUT2D eigenvalue weighted by molar-refractivity contribution is 5.86. The third-order valence-corrected chi connectivity index (χ3v) is 5.75. The fraction of sp³-hybridized carbons (Fsp3) is 0.609. The topological polar surface area (TPSA) is 86.3 Å². The van der Waals surface area contributed by atoms with Crippen LogP contribution in [0.2, 0.25) is 0 Å². The van der Waals surface area contributed by atoms with Crippen LogP contribution in [0.25, 0.3) is 0 Å². The van der Waals surface area contributed by atoms with Gasteiger partial charge in [0, 0.05) is 41.3 Å². The smallest absolute Gasteiger partial charge is 0.243 e. The van der Waals surface area contributed by atoms with E-state index in [-0.39, 0.29) is 18.4 Å². The van der Waals surface area contributed by atoms with Crippen molar-refractivity contribution >= 4 is 17.8 Å². The number of nitrogens with one attached hydrogen (secondary N) is 2. The summed E-state index contributed by atoms with van der Waals surface area (Å²) in [6, 6.07) is 7.94. The number of amides is 2. The van der Waals surface area contributed by atoms with Crippen LogP contribution in [0.1, 0.15) is 31.2 Å². The van der Waals surface area contributed by atoms with Gasteiger partial charge in [-0.25, -0.2) is 4.99 Å². The van der Waals surface area contributed by atoms with Crippen LogP contribution >= 0.6 is 0 Å². The molecule has 0 spiro atoms. The Kier molecular flexibility index (Phi) is 9.15. The van der Waals surface area contributed by atoms with E-state index < -0.39 is 5.41 Å². The monoisotopic (exact) mass is 431 g/mol. The summed E-state index contributed by atoms with van der Waals surface area (Å²) in [4.78, 5) is 32.5. The molecular formula is C23H37N5O3. The summed E-state index contributed by atoms with van der Waals surface area (Å²) in [6.07, 6.45) is 4.64. The van der Waals surface area contributed by atoms with Gasteiger partial charge in [0.25, 0.3) is 0 Å². The maximum atomic E-state index is 12.8. The lowest BCUT2D eigenvalue weighted by atomic mass is 9.84. The number of benzene rings is 1. The number of nitrogens with zero attached hydrogens (tertiary/aromatic N) is 3. The fourth-order valence-corrected chi connectivity index (χ4v) is 3.83. The zero-order chi connectivity index (χ0) is 22.9. The van der Waals surface area contributed by atoms with Gasteiger partial charge in [-0.2, -0.15) is 0 Å². The van der Waals surface area contributed by atoms with Crippen LogP contribution in [0.3, 0.4) is 0 Å². The highest BCUT2D eigenvalue weighted by Gasteiger charge is 2.42. The summed E-state index contributed by atoms with van der Waals surface area (Å²) in [5.41, 5.74) is 0.764. The maximum Gasteiger partial charge on any atom is 0.243 e. The number of carbonyl (C=O) groups is 2. The highest BCUT2D eigenvalue weighted by Crippen LogP contribution is 2.38. The Morgan fingerprint density at radius 1 is 1.03 bits per heavy atom. The number of hydrogen-bond acceptors (Lipinski definition) is 4. The Morgan fingerprint density at radius 3 is 2.23 bits per heavy atom. The molecule has 1 aliphatic carbocycles. The molecule has 2 amide bonds. The van der Waals surface area contributed by atoms with Crippen molar-refractivity contribution < 1.29 is 14.3 Å². The third-order valence-electron chi connectivity index (χ3n) is 5.75. The highest BCUT2D eigenvalue weighted by atomic mass is 16.5. The first-order chi connectivity index (χ1) is 14.8. The van der Waals surface area contributed by atoms with Crippen LogP contribution in [0.15, 0.2) is 29.3 Å². The van der Waals surface area contributed by atoms with E-state index in [0.29, 0.717) is 19.0 Å². The van der Waals surface area contributed by atoms with E-state index >= 15 is 0 Å². The quantitative estimate of drug-likeness (QED) is 0.457. The number of aliphatic imine (C=N–C) groups is 1. The van der Waals surface area contributed by atoms with Gasteiger partial charge in [-0.05, 0) is 37.0 Å². The third kappa shape index (κ3) is 7.15. The first kappa shape index (κ1) is 24.5. The van der Waals surface area contributed by atoms with Crippen LogP contribution in [-0.2, 0) is 16.0 Å². The first-order valence-corrected chi connectivity index (χ1v) is 10.8. The molecule has 0 unspecified atom stereocenters. The second-order valence-corrected chi connectivity index (χ2v) is 8.52. The van der Waals surface area contributed by atoms with Gasteiger partial charge < -0.3 is 25.2 Å². The molecule has 0 atom stereocenters. The van der Waals surface area contributed by atoms with Gasteiger partial charge in [-0.15, -0.1) is 0 Å². The molecule has 0 bridgehead atoms. The predicted molar refractivity (Wildman–Crippen MR) is 123 cm³/mol. The predicted octanol–water partition coefficient (Wildman–Crippen LogP) is 1.51. The number of hydrogen-bond donors (Lipinski definition) is 2. The number of guanidine groups is 1. The van der Waals surface area contributed by atoms with E-state index in [1.807, 2.05) is 24.3 Å². The standard InChI is InChI=1S/C23H37N5O3/c1-27(2)20(29)16-25-22(24-15-12-18-8-10-19(31-5)11-9-18)26-17-23(13-6-7-14-23)21(30)28(3)4/h8-11H,6-7,12-17H2,1-5H3,(H2,24,25,26). The van der Waals surface area contributed by atoms with Crippen molar-refractivity contribution in [2.24, 2.45) is 10.4 Å². The van der Waals surface area contributed by atoms with Crippen LogP contribution in [0.4, 0.5) is 0 Å². The molecule has 0 aromatic heterocycles. The fourth-order valence-electron chi connectivity index (χ4n) is 3.83. The number of likely N-dealkylation sites (N-methyl/N-ethyl adjacent to an activating group) is 1. The number of ether oxygens (including phenoxy) is 1. The summed E-state index contributed by atoms with van der Waals surface area (Å²) in [5, 5.41) is 6.65. The van der Waals surface area contributed by atoms with Crippen molar-refractivity contribution in [3.05, 3.63) is 29.8 Å². The molecule has 1 fully saturated rings. The van der Waals surface area contributed by atoms with Crippen molar-refractivity contribution in [1.29, 1.82) is 0 Å². The minimum absolute atomic E-state index is 0.0551. The average Bonchev–Trinajstić information content (AvgIpc) is 3.24. The summed E-state index contributed by atoms with van der Waals surface area (Å²) < 4.78 is 5.20. The first-order valence-electron chi connectivity index (χ1n) is 10.8. The molecule has 2 N–H and O–H groups in total.